The average Bonchev–Trinajstić information content (AvgIpc) is 2.40. The fraction of sp³-hybridized carbons (Fsp3) is 0.571. The van der Waals surface area contributed by atoms with Crippen LogP contribution in [0, 0.1) is 0 Å². The molecule has 2 N–H and O–H groups in total. The number of rotatable bonds is 4. The van der Waals surface area contributed by atoms with E-state index in [1.54, 1.807) is 0 Å². The third-order valence-corrected chi connectivity index (χ3v) is 4.35. The highest BCUT2D eigenvalue weighted by atomic mass is 35.5. The average molecular weight is 302 g/mol. The fourth-order valence-electron chi connectivity index (χ4n) is 2.34. The summed E-state index contributed by atoms with van der Waals surface area (Å²) < 4.78 is 0. The van der Waals surface area contributed by atoms with Crippen molar-refractivity contribution < 1.29 is 0 Å². The van der Waals surface area contributed by atoms with Crippen LogP contribution in [0.1, 0.15) is 13.3 Å². The molecule has 0 spiro atoms. The maximum atomic E-state index is 6.26. The summed E-state index contributed by atoms with van der Waals surface area (Å²) >= 11 is 12.3. The summed E-state index contributed by atoms with van der Waals surface area (Å²) in [7, 11) is 0. The van der Waals surface area contributed by atoms with Crippen LogP contribution in [0.3, 0.4) is 0 Å². The van der Waals surface area contributed by atoms with Gasteiger partial charge in [0.1, 0.15) is 0 Å². The topological polar surface area (TPSA) is 32.5 Å². The Kier molecular flexibility index (Phi) is 5.34. The minimum absolute atomic E-state index is 0.278. The Bertz CT molecular complexity index is 415. The van der Waals surface area contributed by atoms with Gasteiger partial charge in [-0.05, 0) is 32.0 Å². The standard InChI is InChI=1S/C14H21Cl2N3/c1-11(17)5-6-18-7-9-19(10-8-18)13-4-2-3-12(15)14(13)16/h2-4,11H,5-10,17H2,1H3. The van der Waals surface area contributed by atoms with Crippen LogP contribution < -0.4 is 10.6 Å². The van der Waals surface area contributed by atoms with Crippen molar-refractivity contribution in [3.8, 4) is 0 Å². The molecule has 2 rings (SSSR count). The molecule has 0 saturated carbocycles. The summed E-state index contributed by atoms with van der Waals surface area (Å²) in [5.74, 6) is 0. The van der Waals surface area contributed by atoms with E-state index in [0.717, 1.165) is 44.8 Å². The predicted octanol–water partition coefficient (Wildman–Crippen LogP) is 2.85. The van der Waals surface area contributed by atoms with Crippen molar-refractivity contribution in [2.24, 2.45) is 5.73 Å². The first kappa shape index (κ1) is 14.9. The number of piperazine rings is 1. The van der Waals surface area contributed by atoms with Crippen LogP contribution in [-0.4, -0.2) is 43.7 Å². The first-order valence-corrected chi connectivity index (χ1v) is 7.50. The number of halogens is 2. The van der Waals surface area contributed by atoms with Crippen LogP contribution in [0.2, 0.25) is 10.0 Å². The smallest absolute Gasteiger partial charge is 0.0825 e. The Morgan fingerprint density at radius 2 is 1.89 bits per heavy atom. The fourth-order valence-corrected chi connectivity index (χ4v) is 2.75. The lowest BCUT2D eigenvalue weighted by molar-refractivity contribution is 0.250. The van der Waals surface area contributed by atoms with Crippen LogP contribution in [0.4, 0.5) is 5.69 Å². The number of benzene rings is 1. The van der Waals surface area contributed by atoms with Gasteiger partial charge in [-0.15, -0.1) is 0 Å². The van der Waals surface area contributed by atoms with Crippen molar-refractivity contribution >= 4 is 28.9 Å². The van der Waals surface area contributed by atoms with Gasteiger partial charge < -0.3 is 10.6 Å². The van der Waals surface area contributed by atoms with E-state index < -0.39 is 0 Å². The second kappa shape index (κ2) is 6.80. The lowest BCUT2D eigenvalue weighted by Crippen LogP contribution is -2.47. The Labute approximate surface area is 125 Å². The van der Waals surface area contributed by atoms with Gasteiger partial charge in [0.15, 0.2) is 0 Å². The summed E-state index contributed by atoms with van der Waals surface area (Å²) in [6.45, 7) is 7.21. The van der Waals surface area contributed by atoms with E-state index >= 15 is 0 Å². The largest absolute Gasteiger partial charge is 0.368 e. The van der Waals surface area contributed by atoms with Gasteiger partial charge in [-0.2, -0.15) is 0 Å². The van der Waals surface area contributed by atoms with Crippen LogP contribution in [0.25, 0.3) is 0 Å². The highest BCUT2D eigenvalue weighted by Gasteiger charge is 2.19. The molecule has 5 heteroatoms. The maximum Gasteiger partial charge on any atom is 0.0825 e. The Morgan fingerprint density at radius 3 is 2.53 bits per heavy atom. The molecule has 0 bridgehead atoms. The van der Waals surface area contributed by atoms with Gasteiger partial charge in [-0.25, -0.2) is 0 Å². The third-order valence-electron chi connectivity index (χ3n) is 3.54. The molecule has 106 valence electrons. The van der Waals surface area contributed by atoms with Gasteiger partial charge >= 0.3 is 0 Å². The third kappa shape index (κ3) is 3.99. The van der Waals surface area contributed by atoms with Crippen LogP contribution in [-0.2, 0) is 0 Å². The van der Waals surface area contributed by atoms with Crippen molar-refractivity contribution in [2.75, 3.05) is 37.6 Å². The quantitative estimate of drug-likeness (QED) is 0.928. The van der Waals surface area contributed by atoms with Crippen molar-refractivity contribution in [3.05, 3.63) is 28.2 Å². The normalized spacial score (nSPS) is 18.6. The molecule has 1 aliphatic rings. The molecule has 1 atom stereocenters. The number of hydrogen-bond acceptors (Lipinski definition) is 3. The van der Waals surface area contributed by atoms with E-state index in [0.29, 0.717) is 10.0 Å². The van der Waals surface area contributed by atoms with Gasteiger partial charge in [-0.3, -0.25) is 4.90 Å². The first-order valence-electron chi connectivity index (χ1n) is 6.75. The Hall–Kier alpha value is -0.480. The molecule has 1 aromatic rings. The predicted molar refractivity (Wildman–Crippen MR) is 83.4 cm³/mol. The summed E-state index contributed by atoms with van der Waals surface area (Å²) in [5.41, 5.74) is 6.84. The molecule has 0 aromatic heterocycles. The van der Waals surface area contributed by atoms with E-state index in [1.165, 1.54) is 0 Å². The van der Waals surface area contributed by atoms with E-state index in [1.807, 2.05) is 18.2 Å². The van der Waals surface area contributed by atoms with Crippen molar-refractivity contribution in [1.82, 2.24) is 4.90 Å². The number of hydrogen-bond donors (Lipinski definition) is 1. The van der Waals surface area contributed by atoms with Gasteiger partial charge in [0.2, 0.25) is 0 Å². The van der Waals surface area contributed by atoms with E-state index in [2.05, 4.69) is 16.7 Å². The molecule has 1 unspecified atom stereocenters. The van der Waals surface area contributed by atoms with Crippen LogP contribution >= 0.6 is 23.2 Å². The summed E-state index contributed by atoms with van der Waals surface area (Å²) in [5, 5.41) is 1.28. The van der Waals surface area contributed by atoms with E-state index in [-0.39, 0.29) is 6.04 Å². The second-order valence-electron chi connectivity index (χ2n) is 5.17. The summed E-state index contributed by atoms with van der Waals surface area (Å²) in [6, 6.07) is 6.09. The lowest BCUT2D eigenvalue weighted by Gasteiger charge is -2.36. The highest BCUT2D eigenvalue weighted by Crippen LogP contribution is 2.32. The minimum Gasteiger partial charge on any atom is -0.368 e. The molecular formula is C14H21Cl2N3. The SMILES string of the molecule is CC(N)CCN1CCN(c2cccc(Cl)c2Cl)CC1. The number of anilines is 1. The summed E-state index contributed by atoms with van der Waals surface area (Å²) in [6.07, 6.45) is 1.05. The van der Waals surface area contributed by atoms with Gasteiger partial charge in [-0.1, -0.05) is 29.3 Å². The Morgan fingerprint density at radius 1 is 1.21 bits per heavy atom. The number of nitrogens with two attached hydrogens (primary N) is 1. The van der Waals surface area contributed by atoms with E-state index in [4.69, 9.17) is 28.9 Å². The zero-order chi connectivity index (χ0) is 13.8. The molecule has 3 nitrogen and oxygen atoms in total. The molecule has 0 amide bonds. The molecule has 1 saturated heterocycles. The molecule has 1 fully saturated rings. The first-order chi connectivity index (χ1) is 9.08. The second-order valence-corrected chi connectivity index (χ2v) is 5.95. The molecule has 1 aromatic carbocycles. The Balaban J connectivity index is 1.91. The minimum atomic E-state index is 0.278. The molecule has 0 aliphatic carbocycles. The number of nitrogens with zero attached hydrogens (tertiary/aromatic N) is 2. The summed E-state index contributed by atoms with van der Waals surface area (Å²) in [4.78, 5) is 4.76. The zero-order valence-electron chi connectivity index (χ0n) is 11.3. The van der Waals surface area contributed by atoms with Crippen LogP contribution in [0.15, 0.2) is 18.2 Å². The van der Waals surface area contributed by atoms with Gasteiger partial charge in [0, 0.05) is 32.2 Å². The van der Waals surface area contributed by atoms with Crippen molar-refractivity contribution in [2.45, 2.75) is 19.4 Å². The van der Waals surface area contributed by atoms with Gasteiger partial charge in [0.05, 0.1) is 15.7 Å². The molecule has 1 aliphatic heterocycles. The molecular weight excluding hydrogens is 281 g/mol. The van der Waals surface area contributed by atoms with Crippen LogP contribution in [0.5, 0.6) is 0 Å². The maximum absolute atomic E-state index is 6.26. The van der Waals surface area contributed by atoms with Crippen molar-refractivity contribution in [1.29, 1.82) is 0 Å². The molecule has 0 radical (unpaired) electrons. The van der Waals surface area contributed by atoms with Crippen molar-refractivity contribution in [3.63, 3.8) is 0 Å². The zero-order valence-corrected chi connectivity index (χ0v) is 12.8. The lowest BCUT2D eigenvalue weighted by atomic mass is 10.2. The molecule has 1 heterocycles. The molecule has 19 heavy (non-hydrogen) atoms. The van der Waals surface area contributed by atoms with E-state index in [9.17, 15) is 0 Å². The highest BCUT2D eigenvalue weighted by molar-refractivity contribution is 6.43. The monoisotopic (exact) mass is 301 g/mol. The van der Waals surface area contributed by atoms with Gasteiger partial charge in [0.25, 0.3) is 0 Å².